The molecule has 1 aromatic carbocycles. The van der Waals surface area contributed by atoms with Gasteiger partial charge in [0.25, 0.3) is 0 Å². The molecule has 0 aliphatic heterocycles. The molecule has 1 aromatic rings. The first kappa shape index (κ1) is 15.0. The first-order chi connectivity index (χ1) is 8.46. The topological polar surface area (TPSA) is 63.6 Å². The largest absolute Gasteiger partial charge is 0.491 e. The maximum Gasteiger partial charge on any atom is 0.152 e. The second kappa shape index (κ2) is 6.75. The van der Waals surface area contributed by atoms with Gasteiger partial charge in [-0.2, -0.15) is 0 Å². The van der Waals surface area contributed by atoms with E-state index in [1.165, 1.54) is 5.56 Å². The molecular formula is C13H20O4S. The SMILES string of the molecule is CCc1ccc(OC[C@H](O)CS(=O)(=O)CC)cc1. The van der Waals surface area contributed by atoms with E-state index in [4.69, 9.17) is 4.74 Å². The molecule has 0 aliphatic carbocycles. The molecule has 4 nitrogen and oxygen atoms in total. The zero-order valence-electron chi connectivity index (χ0n) is 10.8. The van der Waals surface area contributed by atoms with Gasteiger partial charge < -0.3 is 9.84 Å². The van der Waals surface area contributed by atoms with Gasteiger partial charge in [-0.1, -0.05) is 26.0 Å². The molecule has 1 rings (SSSR count). The molecule has 0 unspecified atom stereocenters. The Kier molecular flexibility index (Phi) is 5.62. The standard InChI is InChI=1S/C13H20O4S/c1-3-11-5-7-13(8-6-11)17-9-12(14)10-18(15,16)4-2/h5-8,12,14H,3-4,9-10H2,1-2H3/t12-/m0/s1. The number of hydrogen-bond donors (Lipinski definition) is 1. The van der Waals surface area contributed by atoms with E-state index in [1.807, 2.05) is 24.3 Å². The van der Waals surface area contributed by atoms with Gasteiger partial charge in [0.05, 0.1) is 5.75 Å². The van der Waals surface area contributed by atoms with Gasteiger partial charge in [0.15, 0.2) is 9.84 Å². The zero-order valence-corrected chi connectivity index (χ0v) is 11.6. The normalized spacial score (nSPS) is 13.3. The van der Waals surface area contributed by atoms with Crippen LogP contribution >= 0.6 is 0 Å². The fourth-order valence-electron chi connectivity index (χ4n) is 1.47. The number of sulfone groups is 1. The predicted octanol–water partition coefficient (Wildman–Crippen LogP) is 1.42. The van der Waals surface area contributed by atoms with Crippen LogP contribution < -0.4 is 4.74 Å². The maximum absolute atomic E-state index is 11.3. The van der Waals surface area contributed by atoms with E-state index in [0.29, 0.717) is 5.75 Å². The number of aryl methyl sites for hydroxylation is 1. The van der Waals surface area contributed by atoms with E-state index in [2.05, 4.69) is 6.92 Å². The first-order valence-electron chi connectivity index (χ1n) is 6.07. The Morgan fingerprint density at radius 1 is 1.22 bits per heavy atom. The molecule has 102 valence electrons. The Bertz CT molecular complexity index is 450. The lowest BCUT2D eigenvalue weighted by Crippen LogP contribution is -2.27. The predicted molar refractivity (Wildman–Crippen MR) is 71.6 cm³/mol. The summed E-state index contributed by atoms with van der Waals surface area (Å²) in [6.07, 6.45) is -0.0294. The molecule has 0 fully saturated rings. The fourth-order valence-corrected chi connectivity index (χ4v) is 2.39. The highest BCUT2D eigenvalue weighted by atomic mass is 32.2. The summed E-state index contributed by atoms with van der Waals surface area (Å²) in [7, 11) is -3.16. The Morgan fingerprint density at radius 2 is 1.83 bits per heavy atom. The molecule has 0 heterocycles. The zero-order chi connectivity index (χ0) is 13.6. The maximum atomic E-state index is 11.3. The molecule has 18 heavy (non-hydrogen) atoms. The minimum atomic E-state index is -3.16. The van der Waals surface area contributed by atoms with Crippen LogP contribution in [0.1, 0.15) is 19.4 Å². The lowest BCUT2D eigenvalue weighted by atomic mass is 10.2. The van der Waals surface area contributed by atoms with Crippen molar-refractivity contribution in [2.45, 2.75) is 26.4 Å². The third-order valence-corrected chi connectivity index (χ3v) is 4.43. The van der Waals surface area contributed by atoms with E-state index in [-0.39, 0.29) is 18.1 Å². The molecule has 0 saturated carbocycles. The van der Waals surface area contributed by atoms with Crippen LogP contribution in [-0.4, -0.2) is 37.7 Å². The van der Waals surface area contributed by atoms with Crippen molar-refractivity contribution < 1.29 is 18.3 Å². The van der Waals surface area contributed by atoms with Gasteiger partial charge in [-0.3, -0.25) is 0 Å². The Hall–Kier alpha value is -1.07. The summed E-state index contributed by atoms with van der Waals surface area (Å²) in [4.78, 5) is 0. The summed E-state index contributed by atoms with van der Waals surface area (Å²) >= 11 is 0. The van der Waals surface area contributed by atoms with Gasteiger partial charge in [0, 0.05) is 5.75 Å². The number of aliphatic hydroxyl groups excluding tert-OH is 1. The van der Waals surface area contributed by atoms with Crippen molar-refractivity contribution in [1.29, 1.82) is 0 Å². The molecule has 0 bridgehead atoms. The third-order valence-electron chi connectivity index (χ3n) is 2.66. The van der Waals surface area contributed by atoms with Crippen LogP contribution in [0.15, 0.2) is 24.3 Å². The fraction of sp³-hybridized carbons (Fsp3) is 0.538. The molecule has 0 saturated heterocycles. The quantitative estimate of drug-likeness (QED) is 0.815. The van der Waals surface area contributed by atoms with Crippen molar-refractivity contribution in [3.8, 4) is 5.75 Å². The summed E-state index contributed by atoms with van der Waals surface area (Å²) in [5.41, 5.74) is 1.21. The molecule has 0 amide bonds. The highest BCUT2D eigenvalue weighted by molar-refractivity contribution is 7.91. The van der Waals surface area contributed by atoms with Crippen LogP contribution in [0.3, 0.4) is 0 Å². The van der Waals surface area contributed by atoms with E-state index in [9.17, 15) is 13.5 Å². The first-order valence-corrected chi connectivity index (χ1v) is 7.89. The van der Waals surface area contributed by atoms with E-state index < -0.39 is 15.9 Å². The van der Waals surface area contributed by atoms with Crippen molar-refractivity contribution in [3.05, 3.63) is 29.8 Å². The summed E-state index contributed by atoms with van der Waals surface area (Å²) in [5.74, 6) is 0.423. The summed E-state index contributed by atoms with van der Waals surface area (Å²) < 4.78 is 27.9. The van der Waals surface area contributed by atoms with Gasteiger partial charge in [-0.15, -0.1) is 0 Å². The number of ether oxygens (including phenoxy) is 1. The highest BCUT2D eigenvalue weighted by Crippen LogP contribution is 2.12. The molecule has 1 N–H and O–H groups in total. The van der Waals surface area contributed by atoms with Gasteiger partial charge in [-0.25, -0.2) is 8.42 Å². The molecule has 0 radical (unpaired) electrons. The Labute approximate surface area is 109 Å². The summed E-state index contributed by atoms with van der Waals surface area (Å²) in [6, 6.07) is 7.54. The van der Waals surface area contributed by atoms with Crippen molar-refractivity contribution in [3.63, 3.8) is 0 Å². The number of aliphatic hydroxyl groups is 1. The van der Waals surface area contributed by atoms with Crippen molar-refractivity contribution >= 4 is 9.84 Å². The van der Waals surface area contributed by atoms with Crippen molar-refractivity contribution in [2.24, 2.45) is 0 Å². The van der Waals surface area contributed by atoms with Gasteiger partial charge in [0.1, 0.15) is 18.5 Å². The van der Waals surface area contributed by atoms with Crippen LogP contribution in [0.25, 0.3) is 0 Å². The van der Waals surface area contributed by atoms with Crippen molar-refractivity contribution in [2.75, 3.05) is 18.1 Å². The average molecular weight is 272 g/mol. The molecule has 5 heteroatoms. The molecule has 0 aromatic heterocycles. The minimum absolute atomic E-state index is 0.00922. The smallest absolute Gasteiger partial charge is 0.152 e. The highest BCUT2D eigenvalue weighted by Gasteiger charge is 2.15. The number of benzene rings is 1. The number of rotatable bonds is 7. The van der Waals surface area contributed by atoms with Crippen LogP contribution in [0.5, 0.6) is 5.75 Å². The molecule has 1 atom stereocenters. The van der Waals surface area contributed by atoms with Crippen LogP contribution in [0.4, 0.5) is 0 Å². The monoisotopic (exact) mass is 272 g/mol. The van der Waals surface area contributed by atoms with E-state index in [1.54, 1.807) is 6.92 Å². The van der Waals surface area contributed by atoms with Crippen LogP contribution in [0, 0.1) is 0 Å². The van der Waals surface area contributed by atoms with Gasteiger partial charge in [0.2, 0.25) is 0 Å². The van der Waals surface area contributed by atoms with Gasteiger partial charge in [-0.05, 0) is 24.1 Å². The minimum Gasteiger partial charge on any atom is -0.491 e. The van der Waals surface area contributed by atoms with Gasteiger partial charge >= 0.3 is 0 Å². The Morgan fingerprint density at radius 3 is 2.33 bits per heavy atom. The molecule has 0 aliphatic rings. The molecular weight excluding hydrogens is 252 g/mol. The second-order valence-electron chi connectivity index (χ2n) is 4.16. The van der Waals surface area contributed by atoms with Crippen LogP contribution in [0.2, 0.25) is 0 Å². The summed E-state index contributed by atoms with van der Waals surface area (Å²) in [6.45, 7) is 3.62. The lowest BCUT2D eigenvalue weighted by molar-refractivity contribution is 0.125. The molecule has 0 spiro atoms. The third kappa shape index (κ3) is 5.06. The van der Waals surface area contributed by atoms with Crippen LogP contribution in [-0.2, 0) is 16.3 Å². The summed E-state index contributed by atoms with van der Waals surface area (Å²) in [5, 5.41) is 9.57. The average Bonchev–Trinajstić information content (AvgIpc) is 2.36. The van der Waals surface area contributed by atoms with E-state index >= 15 is 0 Å². The van der Waals surface area contributed by atoms with E-state index in [0.717, 1.165) is 6.42 Å². The second-order valence-corrected chi connectivity index (χ2v) is 6.56. The Balaban J connectivity index is 2.44. The lowest BCUT2D eigenvalue weighted by Gasteiger charge is -2.12. The van der Waals surface area contributed by atoms with Crippen molar-refractivity contribution in [1.82, 2.24) is 0 Å². The number of hydrogen-bond acceptors (Lipinski definition) is 4.